The van der Waals surface area contributed by atoms with Crippen molar-refractivity contribution < 1.29 is 18.8 Å². The second-order valence-corrected chi connectivity index (χ2v) is 7.20. The van der Waals surface area contributed by atoms with Gasteiger partial charge in [-0.25, -0.2) is 0 Å². The Labute approximate surface area is 175 Å². The number of aromatic nitrogens is 1. The van der Waals surface area contributed by atoms with E-state index in [0.29, 0.717) is 24.7 Å². The Morgan fingerprint density at radius 1 is 1.20 bits per heavy atom. The minimum atomic E-state index is -0.0300. The van der Waals surface area contributed by atoms with Gasteiger partial charge in [0, 0.05) is 18.3 Å². The van der Waals surface area contributed by atoms with Gasteiger partial charge in [-0.2, -0.15) is 0 Å². The fourth-order valence-corrected chi connectivity index (χ4v) is 3.59. The Morgan fingerprint density at radius 3 is 2.80 bits per heavy atom. The second-order valence-electron chi connectivity index (χ2n) is 7.20. The zero-order chi connectivity index (χ0) is 21.1. The number of hydrogen-bond acceptors (Lipinski definition) is 5. The molecule has 0 saturated carbocycles. The van der Waals surface area contributed by atoms with Gasteiger partial charge in [0.15, 0.2) is 11.5 Å². The van der Waals surface area contributed by atoms with E-state index >= 15 is 0 Å². The minimum Gasteiger partial charge on any atom is -0.493 e. The van der Waals surface area contributed by atoms with E-state index in [1.54, 1.807) is 19.3 Å². The van der Waals surface area contributed by atoms with Crippen molar-refractivity contribution in [2.24, 2.45) is 0 Å². The Morgan fingerprint density at radius 2 is 2.03 bits per heavy atom. The molecule has 0 radical (unpaired) electrons. The predicted molar refractivity (Wildman–Crippen MR) is 115 cm³/mol. The van der Waals surface area contributed by atoms with Crippen LogP contribution in [-0.2, 0) is 17.8 Å². The Balaban J connectivity index is 1.46. The molecule has 3 aromatic rings. The summed E-state index contributed by atoms with van der Waals surface area (Å²) >= 11 is 0. The molecule has 0 aliphatic carbocycles. The molecular weight excluding hydrogens is 380 g/mol. The first-order valence-electron chi connectivity index (χ1n) is 9.87. The second kappa shape index (κ2) is 8.45. The molecule has 0 N–H and O–H groups in total. The summed E-state index contributed by atoms with van der Waals surface area (Å²) in [5.74, 6) is 1.93. The lowest BCUT2D eigenvalue weighted by atomic mass is 10.1. The van der Waals surface area contributed by atoms with Gasteiger partial charge in [-0.15, -0.1) is 0 Å². The molecule has 6 nitrogen and oxygen atoms in total. The van der Waals surface area contributed by atoms with E-state index in [9.17, 15) is 4.79 Å². The van der Waals surface area contributed by atoms with Crippen LogP contribution in [0.2, 0.25) is 0 Å². The van der Waals surface area contributed by atoms with Gasteiger partial charge in [0.25, 0.3) is 5.91 Å². The van der Waals surface area contributed by atoms with Crippen LogP contribution in [0.25, 0.3) is 6.08 Å². The molecule has 0 unspecified atom stereocenters. The van der Waals surface area contributed by atoms with E-state index in [1.165, 1.54) is 5.56 Å². The maximum absolute atomic E-state index is 12.7. The summed E-state index contributed by atoms with van der Waals surface area (Å²) < 4.78 is 16.6. The molecule has 30 heavy (non-hydrogen) atoms. The monoisotopic (exact) mass is 404 g/mol. The summed E-state index contributed by atoms with van der Waals surface area (Å²) in [6.07, 6.45) is 4.28. The van der Waals surface area contributed by atoms with Gasteiger partial charge in [0.2, 0.25) is 0 Å². The summed E-state index contributed by atoms with van der Waals surface area (Å²) in [5, 5.41) is 3.94. The molecule has 154 valence electrons. The maximum Gasteiger partial charge on any atom is 0.251 e. The summed E-state index contributed by atoms with van der Waals surface area (Å²) in [6.45, 7) is 4.80. The van der Waals surface area contributed by atoms with Crippen molar-refractivity contribution in [1.82, 2.24) is 5.16 Å². The van der Waals surface area contributed by atoms with Gasteiger partial charge in [0.05, 0.1) is 18.4 Å². The number of para-hydroxylation sites is 1. The van der Waals surface area contributed by atoms with Gasteiger partial charge in [-0.1, -0.05) is 29.4 Å². The summed E-state index contributed by atoms with van der Waals surface area (Å²) in [7, 11) is 1.60. The molecule has 1 aromatic heterocycles. The van der Waals surface area contributed by atoms with Crippen molar-refractivity contribution in [2.75, 3.05) is 18.6 Å². The van der Waals surface area contributed by atoms with Crippen LogP contribution in [0.5, 0.6) is 11.5 Å². The zero-order valence-corrected chi connectivity index (χ0v) is 17.3. The van der Waals surface area contributed by atoms with Gasteiger partial charge in [-0.05, 0) is 55.7 Å². The third-order valence-corrected chi connectivity index (χ3v) is 5.31. The van der Waals surface area contributed by atoms with Gasteiger partial charge < -0.3 is 18.9 Å². The van der Waals surface area contributed by atoms with Crippen molar-refractivity contribution in [1.29, 1.82) is 0 Å². The predicted octanol–water partition coefficient (Wildman–Crippen LogP) is 4.48. The molecule has 0 fully saturated rings. The Hall–Kier alpha value is -3.54. The van der Waals surface area contributed by atoms with Crippen molar-refractivity contribution in [3.05, 3.63) is 76.7 Å². The van der Waals surface area contributed by atoms with Crippen molar-refractivity contribution in [2.45, 2.75) is 26.9 Å². The first-order chi connectivity index (χ1) is 14.6. The van der Waals surface area contributed by atoms with E-state index in [0.717, 1.165) is 34.7 Å². The number of benzene rings is 2. The quantitative estimate of drug-likeness (QED) is 0.567. The van der Waals surface area contributed by atoms with E-state index in [-0.39, 0.29) is 5.91 Å². The van der Waals surface area contributed by atoms with Crippen LogP contribution >= 0.6 is 0 Å². The Kier molecular flexibility index (Phi) is 5.57. The van der Waals surface area contributed by atoms with Gasteiger partial charge >= 0.3 is 0 Å². The van der Waals surface area contributed by atoms with Crippen LogP contribution in [-0.4, -0.2) is 24.7 Å². The number of nitrogens with zero attached hydrogens (tertiary/aromatic N) is 2. The average Bonchev–Trinajstić information content (AvgIpc) is 3.34. The lowest BCUT2D eigenvalue weighted by Crippen LogP contribution is -2.26. The molecule has 0 spiro atoms. The van der Waals surface area contributed by atoms with Crippen LogP contribution in [0.15, 0.2) is 53.1 Å². The van der Waals surface area contributed by atoms with E-state index in [2.05, 4.69) is 11.2 Å². The third-order valence-electron chi connectivity index (χ3n) is 5.31. The third kappa shape index (κ3) is 3.94. The van der Waals surface area contributed by atoms with Crippen LogP contribution in [0.4, 0.5) is 5.69 Å². The number of fused-ring (bicyclic) bond motifs is 1. The number of amides is 1. The fraction of sp³-hybridized carbons (Fsp3) is 0.250. The van der Waals surface area contributed by atoms with Crippen molar-refractivity contribution >= 4 is 17.7 Å². The maximum atomic E-state index is 12.7. The highest BCUT2D eigenvalue weighted by Gasteiger charge is 2.22. The number of anilines is 1. The lowest BCUT2D eigenvalue weighted by molar-refractivity contribution is -0.114. The number of carbonyl (C=O) groups excluding carboxylic acids is 1. The van der Waals surface area contributed by atoms with E-state index < -0.39 is 0 Å². The zero-order valence-electron chi connectivity index (χ0n) is 17.3. The normalized spacial score (nSPS) is 13.0. The first-order valence-corrected chi connectivity index (χ1v) is 9.87. The number of ether oxygens (including phenoxy) is 2. The molecule has 1 aliphatic heterocycles. The van der Waals surface area contributed by atoms with Gasteiger partial charge in [-0.3, -0.25) is 4.79 Å². The number of aryl methyl sites for hydroxylation is 2. The highest BCUT2D eigenvalue weighted by molar-refractivity contribution is 6.05. The first kappa shape index (κ1) is 19.8. The van der Waals surface area contributed by atoms with E-state index in [4.69, 9.17) is 14.0 Å². The number of carbonyl (C=O) groups is 1. The van der Waals surface area contributed by atoms with Crippen LogP contribution in [0, 0.1) is 13.8 Å². The number of hydrogen-bond donors (Lipinski definition) is 0. The summed E-state index contributed by atoms with van der Waals surface area (Å²) in [5.41, 5.74) is 4.80. The standard InChI is InChI=1S/C24H24N2O4/c1-16-20(17(2)30-25-16)15-29-22-10-8-18(14-23(22)28-3)9-11-24(27)26-13-12-19-6-4-5-7-21(19)26/h4-11,14H,12-13,15H2,1-3H3/b11-9+. The smallest absolute Gasteiger partial charge is 0.251 e. The minimum absolute atomic E-state index is 0.0300. The fourth-order valence-electron chi connectivity index (χ4n) is 3.59. The highest BCUT2D eigenvalue weighted by Crippen LogP contribution is 2.31. The molecule has 2 aromatic carbocycles. The number of rotatable bonds is 6. The summed E-state index contributed by atoms with van der Waals surface area (Å²) in [6, 6.07) is 13.6. The van der Waals surface area contributed by atoms with Crippen molar-refractivity contribution in [3.8, 4) is 11.5 Å². The van der Waals surface area contributed by atoms with Crippen LogP contribution < -0.4 is 14.4 Å². The lowest BCUT2D eigenvalue weighted by Gasteiger charge is -2.15. The largest absolute Gasteiger partial charge is 0.493 e. The molecule has 4 rings (SSSR count). The SMILES string of the molecule is COc1cc(/C=C/C(=O)N2CCc3ccccc32)ccc1OCc1c(C)noc1C. The topological polar surface area (TPSA) is 64.8 Å². The molecular formula is C24H24N2O4. The average molecular weight is 404 g/mol. The van der Waals surface area contributed by atoms with Crippen molar-refractivity contribution in [3.63, 3.8) is 0 Å². The molecule has 2 heterocycles. The molecule has 6 heteroatoms. The summed E-state index contributed by atoms with van der Waals surface area (Å²) in [4.78, 5) is 14.5. The van der Waals surface area contributed by atoms with E-state index in [1.807, 2.05) is 55.1 Å². The number of methoxy groups -OCH3 is 1. The molecule has 0 atom stereocenters. The highest BCUT2D eigenvalue weighted by atomic mass is 16.5. The molecule has 0 bridgehead atoms. The van der Waals surface area contributed by atoms with Gasteiger partial charge in [0.1, 0.15) is 12.4 Å². The van der Waals surface area contributed by atoms with Crippen LogP contribution in [0.3, 0.4) is 0 Å². The Bertz CT molecular complexity index is 1080. The molecule has 1 aliphatic rings. The molecule has 1 amide bonds. The molecule has 0 saturated heterocycles. The van der Waals surface area contributed by atoms with Crippen LogP contribution in [0.1, 0.15) is 28.1 Å².